The number of hydrogen-bond acceptors (Lipinski definition) is 5. The molecular formula is C13H18N2O3S. The first-order valence-corrected chi connectivity index (χ1v) is 6.54. The van der Waals surface area contributed by atoms with Crippen molar-refractivity contribution in [2.45, 2.75) is 18.3 Å². The number of β-amino-alcohol motifs (C(OH)–C–C–N with tert-alkyl or cyclic N) is 3. The molecule has 0 bridgehead atoms. The van der Waals surface area contributed by atoms with E-state index in [1.807, 2.05) is 4.90 Å². The molecule has 19 heavy (non-hydrogen) atoms. The van der Waals surface area contributed by atoms with E-state index in [1.165, 1.54) is 0 Å². The Balaban J connectivity index is 1.96. The molecule has 0 spiro atoms. The molecule has 0 aromatic heterocycles. The standard InChI is InChI=1S/C13H18N2O3S/c14-13(19)9-3-1-8(2-4-9)10(16)5-15-6-11(17)12(18)7-15/h1-4,10-12,16-18H,5-7H2,(H2,14,19). The van der Waals surface area contributed by atoms with E-state index in [-0.39, 0.29) is 0 Å². The van der Waals surface area contributed by atoms with Gasteiger partial charge in [0.25, 0.3) is 0 Å². The van der Waals surface area contributed by atoms with Gasteiger partial charge in [0.05, 0.1) is 18.3 Å². The average Bonchev–Trinajstić information content (AvgIpc) is 2.68. The second-order valence-electron chi connectivity index (χ2n) is 4.86. The minimum atomic E-state index is -0.732. The molecule has 1 aliphatic rings. The van der Waals surface area contributed by atoms with Crippen LogP contribution in [-0.4, -0.2) is 57.1 Å². The summed E-state index contributed by atoms with van der Waals surface area (Å²) in [5, 5.41) is 29.0. The second-order valence-corrected chi connectivity index (χ2v) is 5.30. The van der Waals surface area contributed by atoms with Crippen molar-refractivity contribution in [1.82, 2.24) is 4.90 Å². The summed E-state index contributed by atoms with van der Waals surface area (Å²) >= 11 is 4.86. The van der Waals surface area contributed by atoms with Crippen molar-refractivity contribution in [3.63, 3.8) is 0 Å². The van der Waals surface area contributed by atoms with Gasteiger partial charge in [0.15, 0.2) is 0 Å². The Morgan fingerprint density at radius 2 is 1.79 bits per heavy atom. The van der Waals surface area contributed by atoms with Gasteiger partial charge in [-0.2, -0.15) is 0 Å². The maximum absolute atomic E-state index is 10.1. The summed E-state index contributed by atoms with van der Waals surface area (Å²) in [6.07, 6.45) is -2.13. The topological polar surface area (TPSA) is 90.0 Å². The number of benzene rings is 1. The Bertz CT molecular complexity index is 442. The van der Waals surface area contributed by atoms with Gasteiger partial charge in [-0.3, -0.25) is 4.90 Å². The van der Waals surface area contributed by atoms with E-state index >= 15 is 0 Å². The van der Waals surface area contributed by atoms with Crippen molar-refractivity contribution in [3.8, 4) is 0 Å². The van der Waals surface area contributed by atoms with E-state index in [0.29, 0.717) is 24.6 Å². The number of aliphatic hydroxyl groups is 3. The minimum Gasteiger partial charge on any atom is -0.389 e. The van der Waals surface area contributed by atoms with Gasteiger partial charge in [-0.05, 0) is 5.56 Å². The maximum Gasteiger partial charge on any atom is 0.103 e. The first-order valence-electron chi connectivity index (χ1n) is 6.13. The van der Waals surface area contributed by atoms with Gasteiger partial charge in [0.1, 0.15) is 4.99 Å². The fourth-order valence-corrected chi connectivity index (χ4v) is 2.35. The van der Waals surface area contributed by atoms with Crippen LogP contribution in [0.1, 0.15) is 17.2 Å². The summed E-state index contributed by atoms with van der Waals surface area (Å²) in [5.41, 5.74) is 7.03. The molecule has 0 radical (unpaired) electrons. The molecule has 1 aromatic rings. The molecule has 1 heterocycles. The average molecular weight is 282 g/mol. The van der Waals surface area contributed by atoms with Gasteiger partial charge in [0.2, 0.25) is 0 Å². The molecule has 0 aliphatic carbocycles. The number of nitrogens with zero attached hydrogens (tertiary/aromatic N) is 1. The van der Waals surface area contributed by atoms with Gasteiger partial charge in [-0.15, -0.1) is 0 Å². The number of nitrogens with two attached hydrogens (primary N) is 1. The highest BCUT2D eigenvalue weighted by molar-refractivity contribution is 7.80. The monoisotopic (exact) mass is 282 g/mol. The van der Waals surface area contributed by atoms with E-state index in [0.717, 1.165) is 11.1 Å². The third-order valence-electron chi connectivity index (χ3n) is 3.35. The van der Waals surface area contributed by atoms with Crippen LogP contribution in [0.5, 0.6) is 0 Å². The van der Waals surface area contributed by atoms with E-state index in [9.17, 15) is 15.3 Å². The molecule has 104 valence electrons. The molecular weight excluding hydrogens is 264 g/mol. The number of aliphatic hydroxyl groups excluding tert-OH is 3. The Hall–Kier alpha value is -1.05. The van der Waals surface area contributed by atoms with Gasteiger partial charge in [0, 0.05) is 25.2 Å². The van der Waals surface area contributed by atoms with Crippen molar-refractivity contribution in [1.29, 1.82) is 0 Å². The molecule has 5 N–H and O–H groups in total. The van der Waals surface area contributed by atoms with Crippen LogP contribution in [0.2, 0.25) is 0 Å². The van der Waals surface area contributed by atoms with E-state index < -0.39 is 18.3 Å². The summed E-state index contributed by atoms with van der Waals surface area (Å²) in [7, 11) is 0. The Morgan fingerprint density at radius 3 is 2.26 bits per heavy atom. The molecule has 1 fully saturated rings. The van der Waals surface area contributed by atoms with Crippen molar-refractivity contribution in [2.75, 3.05) is 19.6 Å². The number of rotatable bonds is 4. The highest BCUT2D eigenvalue weighted by Gasteiger charge is 2.30. The van der Waals surface area contributed by atoms with Crippen LogP contribution in [-0.2, 0) is 0 Å². The zero-order valence-corrected chi connectivity index (χ0v) is 11.3. The first kappa shape index (κ1) is 14.4. The van der Waals surface area contributed by atoms with Crippen LogP contribution in [0.25, 0.3) is 0 Å². The molecule has 1 saturated heterocycles. The van der Waals surface area contributed by atoms with E-state index in [4.69, 9.17) is 18.0 Å². The predicted octanol–water partition coefficient (Wildman–Crippen LogP) is -0.608. The number of likely N-dealkylation sites (tertiary alicyclic amines) is 1. The van der Waals surface area contributed by atoms with E-state index in [1.54, 1.807) is 24.3 Å². The number of thiocarbonyl (C=S) groups is 1. The third kappa shape index (κ3) is 3.49. The fraction of sp³-hybridized carbons (Fsp3) is 0.462. The Labute approximate surface area is 117 Å². The van der Waals surface area contributed by atoms with Crippen LogP contribution in [0, 0.1) is 0 Å². The summed E-state index contributed by atoms with van der Waals surface area (Å²) in [5.74, 6) is 0. The normalized spacial score (nSPS) is 25.4. The zero-order chi connectivity index (χ0) is 14.0. The van der Waals surface area contributed by atoms with Gasteiger partial charge < -0.3 is 21.1 Å². The van der Waals surface area contributed by atoms with Crippen LogP contribution in [0.3, 0.4) is 0 Å². The lowest BCUT2D eigenvalue weighted by Gasteiger charge is -2.19. The van der Waals surface area contributed by atoms with Crippen molar-refractivity contribution >= 4 is 17.2 Å². The molecule has 1 aliphatic heterocycles. The van der Waals surface area contributed by atoms with Crippen LogP contribution >= 0.6 is 12.2 Å². The molecule has 3 unspecified atom stereocenters. The molecule has 0 amide bonds. The largest absolute Gasteiger partial charge is 0.389 e. The lowest BCUT2D eigenvalue weighted by atomic mass is 10.1. The summed E-state index contributed by atoms with van der Waals surface area (Å²) in [4.78, 5) is 2.16. The smallest absolute Gasteiger partial charge is 0.103 e. The second kappa shape index (κ2) is 5.94. The SMILES string of the molecule is NC(=S)c1ccc(C(O)CN2CC(O)C(O)C2)cc1. The minimum absolute atomic E-state index is 0.326. The summed E-state index contributed by atoms with van der Waals surface area (Å²) in [6.45, 7) is 1.13. The highest BCUT2D eigenvalue weighted by Crippen LogP contribution is 2.18. The highest BCUT2D eigenvalue weighted by atomic mass is 32.1. The van der Waals surface area contributed by atoms with E-state index in [2.05, 4.69) is 0 Å². The third-order valence-corrected chi connectivity index (χ3v) is 3.58. The van der Waals surface area contributed by atoms with Crippen LogP contribution in [0.15, 0.2) is 24.3 Å². The number of hydrogen-bond donors (Lipinski definition) is 4. The van der Waals surface area contributed by atoms with Crippen molar-refractivity contribution in [2.24, 2.45) is 5.73 Å². The molecule has 3 atom stereocenters. The van der Waals surface area contributed by atoms with Crippen molar-refractivity contribution in [3.05, 3.63) is 35.4 Å². The molecule has 1 aromatic carbocycles. The lowest BCUT2D eigenvalue weighted by molar-refractivity contribution is 0.0572. The van der Waals surface area contributed by atoms with Crippen molar-refractivity contribution < 1.29 is 15.3 Å². The molecule has 0 saturated carbocycles. The molecule has 2 rings (SSSR count). The summed E-state index contributed by atoms with van der Waals surface area (Å²) < 4.78 is 0. The molecule has 6 heteroatoms. The Kier molecular flexibility index (Phi) is 4.49. The van der Waals surface area contributed by atoms with Gasteiger partial charge in [-0.1, -0.05) is 36.5 Å². The first-order chi connectivity index (χ1) is 8.97. The summed E-state index contributed by atoms with van der Waals surface area (Å²) in [6, 6.07) is 7.10. The van der Waals surface area contributed by atoms with Gasteiger partial charge >= 0.3 is 0 Å². The molecule has 5 nitrogen and oxygen atoms in total. The lowest BCUT2D eigenvalue weighted by Crippen LogP contribution is -2.27. The fourth-order valence-electron chi connectivity index (χ4n) is 2.22. The maximum atomic E-state index is 10.1. The van der Waals surface area contributed by atoms with Crippen LogP contribution in [0.4, 0.5) is 0 Å². The zero-order valence-electron chi connectivity index (χ0n) is 10.4. The predicted molar refractivity (Wildman–Crippen MR) is 75.7 cm³/mol. The quantitative estimate of drug-likeness (QED) is 0.551. The Morgan fingerprint density at radius 1 is 1.26 bits per heavy atom. The van der Waals surface area contributed by atoms with Crippen LogP contribution < -0.4 is 5.73 Å². The van der Waals surface area contributed by atoms with Gasteiger partial charge in [-0.25, -0.2) is 0 Å².